The fourth-order valence-electron chi connectivity index (χ4n) is 4.97. The second-order valence-corrected chi connectivity index (χ2v) is 9.49. The zero-order chi connectivity index (χ0) is 22.0. The van der Waals surface area contributed by atoms with Crippen molar-refractivity contribution >= 4 is 40.7 Å². The van der Waals surface area contributed by atoms with Gasteiger partial charge in [0, 0.05) is 33.3 Å². The smallest absolute Gasteiger partial charge is 0.338 e. The number of carboxylic acids is 1. The number of carboxylic acid groups (broad SMARTS) is 1. The van der Waals surface area contributed by atoms with Gasteiger partial charge >= 0.3 is 11.9 Å². The van der Waals surface area contributed by atoms with Crippen molar-refractivity contribution in [2.75, 3.05) is 7.11 Å². The molecule has 2 N–H and O–H groups in total. The summed E-state index contributed by atoms with van der Waals surface area (Å²) in [6.07, 6.45) is 2.91. The van der Waals surface area contributed by atoms with Crippen LogP contribution in [0.5, 0.6) is 0 Å². The molecular weight excluding hydrogens is 445 g/mol. The number of esters is 1. The second kappa shape index (κ2) is 6.86. The lowest BCUT2D eigenvalue weighted by Gasteiger charge is -2.69. The average molecular weight is 462 g/mol. The molecule has 1 atom stereocenters. The van der Waals surface area contributed by atoms with Crippen LogP contribution in [0.15, 0.2) is 46.0 Å². The first kappa shape index (κ1) is 20.1. The minimum Gasteiger partial charge on any atom is -0.481 e. The monoisotopic (exact) mass is 461 g/mol. The molecule has 1 unspecified atom stereocenters. The van der Waals surface area contributed by atoms with Crippen molar-refractivity contribution in [3.05, 3.63) is 62.5 Å². The molecule has 2 bridgehead atoms. The number of methoxy groups -OCH3 is 1. The Balaban J connectivity index is 1.66. The van der Waals surface area contributed by atoms with Crippen LogP contribution in [-0.2, 0) is 14.3 Å². The van der Waals surface area contributed by atoms with Gasteiger partial charge in [0.05, 0.1) is 18.1 Å². The zero-order valence-corrected chi connectivity index (χ0v) is 17.9. The maximum absolute atomic E-state index is 13.7. The fraction of sp³-hybridized carbons (Fsp3) is 0.333. The Hall–Kier alpha value is -2.78. The number of aliphatic carboxylic acids is 1. The summed E-state index contributed by atoms with van der Waals surface area (Å²) < 4.78 is 18.8. The molecule has 3 saturated carbocycles. The molecule has 0 saturated heterocycles. The molecule has 1 aromatic heterocycles. The number of hydrogen-bond acceptors (Lipinski definition) is 7. The lowest BCUT2D eigenvalue weighted by atomic mass is 9.34. The third kappa shape index (κ3) is 2.90. The number of hydrogen-bond donors (Lipinski definition) is 2. The van der Waals surface area contributed by atoms with Crippen LogP contribution >= 0.6 is 22.9 Å². The number of thiazole rings is 1. The minimum absolute atomic E-state index is 0.134. The van der Waals surface area contributed by atoms with E-state index in [1.54, 1.807) is 11.6 Å². The van der Waals surface area contributed by atoms with E-state index in [1.165, 1.54) is 36.6 Å². The number of nitrogens with zero attached hydrogens (tertiary/aromatic N) is 2. The topological polar surface area (TPSA) is 101 Å². The van der Waals surface area contributed by atoms with Gasteiger partial charge in [0.2, 0.25) is 0 Å². The summed E-state index contributed by atoms with van der Waals surface area (Å²) in [7, 11) is 1.27. The van der Waals surface area contributed by atoms with E-state index in [1.807, 2.05) is 0 Å². The summed E-state index contributed by atoms with van der Waals surface area (Å²) in [5.41, 5.74) is 0.0825. The first-order chi connectivity index (χ1) is 14.8. The Morgan fingerprint density at radius 3 is 2.68 bits per heavy atom. The van der Waals surface area contributed by atoms with Crippen LogP contribution in [0.3, 0.4) is 0 Å². The summed E-state index contributed by atoms with van der Waals surface area (Å²) in [4.78, 5) is 33.6. The van der Waals surface area contributed by atoms with E-state index in [4.69, 9.17) is 21.3 Å². The Morgan fingerprint density at radius 2 is 2.10 bits per heavy atom. The SMILES string of the molecule is COC(=O)C1=C(C23CC(C(=O)O)(C2)C3)NC(c2nccs2)=NC1c1ccc(F)cc1Cl. The van der Waals surface area contributed by atoms with Crippen molar-refractivity contribution < 1.29 is 23.8 Å². The maximum atomic E-state index is 13.7. The van der Waals surface area contributed by atoms with Crippen LogP contribution < -0.4 is 5.32 Å². The maximum Gasteiger partial charge on any atom is 0.338 e. The molecule has 7 nitrogen and oxygen atoms in total. The number of rotatable bonds is 5. The molecule has 1 aliphatic heterocycles. The van der Waals surface area contributed by atoms with Gasteiger partial charge in [0.25, 0.3) is 0 Å². The van der Waals surface area contributed by atoms with E-state index in [-0.39, 0.29) is 10.6 Å². The molecular formula is C21H17ClFN3O4S. The lowest BCUT2D eigenvalue weighted by molar-refractivity contribution is -0.210. The summed E-state index contributed by atoms with van der Waals surface area (Å²) in [5.74, 6) is -1.46. The molecule has 2 heterocycles. The number of aliphatic imine (C=N–C) groups is 1. The van der Waals surface area contributed by atoms with Crippen LogP contribution in [0.25, 0.3) is 0 Å². The van der Waals surface area contributed by atoms with Crippen molar-refractivity contribution in [3.8, 4) is 0 Å². The summed E-state index contributed by atoms with van der Waals surface area (Å²) in [6.45, 7) is 0. The van der Waals surface area contributed by atoms with Gasteiger partial charge in [0.15, 0.2) is 10.8 Å². The summed E-state index contributed by atoms with van der Waals surface area (Å²) >= 11 is 7.71. The molecule has 1 aromatic carbocycles. The standard InChI is InChI=1S/C21H17ClFN3O4S/c1-30-18(27)13-14(11-3-2-10(23)6-12(11)22)25-16(17-24-4-5-31-17)26-15(13)20-7-21(8-20,9-20)19(28)29/h2-6,14H,7-9H2,1H3,(H,25,26)(H,28,29). The minimum atomic E-state index is -0.842. The fourth-order valence-corrected chi connectivity index (χ4v) is 5.83. The molecule has 6 rings (SSSR count). The molecule has 3 aliphatic carbocycles. The van der Waals surface area contributed by atoms with Gasteiger partial charge in [-0.25, -0.2) is 14.2 Å². The predicted molar refractivity (Wildman–Crippen MR) is 111 cm³/mol. The zero-order valence-electron chi connectivity index (χ0n) is 16.3. The largest absolute Gasteiger partial charge is 0.481 e. The molecule has 160 valence electrons. The second-order valence-electron chi connectivity index (χ2n) is 8.18. The van der Waals surface area contributed by atoms with Crippen LogP contribution in [0.1, 0.15) is 35.9 Å². The lowest BCUT2D eigenvalue weighted by Crippen LogP contribution is -2.68. The van der Waals surface area contributed by atoms with Gasteiger partial charge in [0.1, 0.15) is 11.9 Å². The average Bonchev–Trinajstić information content (AvgIpc) is 3.19. The molecule has 31 heavy (non-hydrogen) atoms. The molecule has 0 amide bonds. The van der Waals surface area contributed by atoms with Crippen molar-refractivity contribution in [2.24, 2.45) is 15.8 Å². The van der Waals surface area contributed by atoms with Gasteiger partial charge in [-0.15, -0.1) is 11.3 Å². The van der Waals surface area contributed by atoms with E-state index >= 15 is 0 Å². The highest BCUT2D eigenvalue weighted by atomic mass is 35.5. The highest BCUT2D eigenvalue weighted by Crippen LogP contribution is 2.76. The first-order valence-corrected chi connectivity index (χ1v) is 10.8. The summed E-state index contributed by atoms with van der Waals surface area (Å²) in [6, 6.07) is 3.09. The van der Waals surface area contributed by atoms with Gasteiger partial charge in [-0.3, -0.25) is 9.79 Å². The number of allylic oxidation sites excluding steroid dienone is 1. The molecule has 0 spiro atoms. The Kier molecular flexibility index (Phi) is 4.46. The van der Waals surface area contributed by atoms with Crippen LogP contribution in [-0.4, -0.2) is 35.0 Å². The van der Waals surface area contributed by atoms with Crippen LogP contribution in [0.2, 0.25) is 5.02 Å². The van der Waals surface area contributed by atoms with Crippen molar-refractivity contribution in [1.29, 1.82) is 0 Å². The van der Waals surface area contributed by atoms with Crippen LogP contribution in [0, 0.1) is 16.6 Å². The Bertz CT molecular complexity index is 1160. The highest BCUT2D eigenvalue weighted by molar-refractivity contribution is 7.11. The number of ether oxygens (including phenoxy) is 1. The van der Waals surface area contributed by atoms with Gasteiger partial charge in [-0.1, -0.05) is 17.7 Å². The number of aromatic nitrogens is 1. The normalized spacial score (nSPS) is 28.7. The molecule has 3 fully saturated rings. The van der Waals surface area contributed by atoms with Crippen molar-refractivity contribution in [1.82, 2.24) is 10.3 Å². The third-order valence-corrected chi connectivity index (χ3v) is 7.46. The highest BCUT2D eigenvalue weighted by Gasteiger charge is 2.74. The van der Waals surface area contributed by atoms with E-state index in [2.05, 4.69) is 10.3 Å². The first-order valence-electron chi connectivity index (χ1n) is 9.55. The van der Waals surface area contributed by atoms with E-state index < -0.39 is 34.6 Å². The summed E-state index contributed by atoms with van der Waals surface area (Å²) in [5, 5.41) is 15.4. The Labute approximate surface area is 185 Å². The van der Waals surface area contributed by atoms with Gasteiger partial charge in [-0.2, -0.15) is 0 Å². The van der Waals surface area contributed by atoms with Crippen molar-refractivity contribution in [3.63, 3.8) is 0 Å². The number of amidine groups is 1. The van der Waals surface area contributed by atoms with Gasteiger partial charge in [-0.05, 0) is 31.4 Å². The van der Waals surface area contributed by atoms with Crippen molar-refractivity contribution in [2.45, 2.75) is 25.3 Å². The third-order valence-electron chi connectivity index (χ3n) is 6.36. The molecule has 2 aromatic rings. The predicted octanol–water partition coefficient (Wildman–Crippen LogP) is 3.71. The van der Waals surface area contributed by atoms with E-state index in [0.29, 0.717) is 41.4 Å². The number of carbonyl (C=O) groups excluding carboxylic acids is 1. The van der Waals surface area contributed by atoms with E-state index in [0.717, 1.165) is 0 Å². The number of carbonyl (C=O) groups is 2. The van der Waals surface area contributed by atoms with Gasteiger partial charge < -0.3 is 15.2 Å². The number of nitrogens with one attached hydrogen (secondary N) is 1. The Morgan fingerprint density at radius 1 is 1.35 bits per heavy atom. The number of halogens is 2. The molecule has 10 heteroatoms. The number of benzene rings is 1. The van der Waals surface area contributed by atoms with Crippen LogP contribution in [0.4, 0.5) is 4.39 Å². The quantitative estimate of drug-likeness (QED) is 0.658. The molecule has 4 aliphatic rings. The van der Waals surface area contributed by atoms with E-state index in [9.17, 15) is 19.1 Å². The molecule has 0 radical (unpaired) electrons.